The quantitative estimate of drug-likeness (QED) is 0.821. The van der Waals surface area contributed by atoms with Crippen molar-refractivity contribution in [2.24, 2.45) is 5.92 Å². The maximum atomic E-state index is 11.6. The van der Waals surface area contributed by atoms with Gasteiger partial charge < -0.3 is 5.32 Å². The van der Waals surface area contributed by atoms with Crippen LogP contribution in [0.1, 0.15) is 19.4 Å². The summed E-state index contributed by atoms with van der Waals surface area (Å²) >= 11 is 0. The molecule has 102 valence electrons. The lowest BCUT2D eigenvalue weighted by molar-refractivity contribution is 0.424. The number of rotatable bonds is 6. The number of hydrogen-bond donors (Lipinski definition) is 2. The minimum absolute atomic E-state index is 0.305. The van der Waals surface area contributed by atoms with Crippen molar-refractivity contribution in [2.75, 3.05) is 14.1 Å². The molecule has 1 atom stereocenters. The number of nitrogens with one attached hydrogen (secondary N) is 2. The van der Waals surface area contributed by atoms with Crippen molar-refractivity contribution in [2.45, 2.75) is 31.2 Å². The SMILES string of the molecule is CNC(Cc1ccc(S(=O)(=O)NC)cc1)C(C)C. The molecular formula is C13H22N2O2S. The zero-order chi connectivity index (χ0) is 13.8. The molecule has 0 amide bonds. The largest absolute Gasteiger partial charge is 0.316 e. The summed E-state index contributed by atoms with van der Waals surface area (Å²) in [6.45, 7) is 4.34. The minimum atomic E-state index is -3.33. The molecule has 0 aliphatic carbocycles. The first kappa shape index (κ1) is 15.1. The maximum absolute atomic E-state index is 11.6. The Morgan fingerprint density at radius 3 is 2.06 bits per heavy atom. The molecule has 0 aliphatic heterocycles. The smallest absolute Gasteiger partial charge is 0.240 e. The highest BCUT2D eigenvalue weighted by Gasteiger charge is 2.13. The van der Waals surface area contributed by atoms with Gasteiger partial charge in [0.25, 0.3) is 0 Å². The first-order chi connectivity index (χ1) is 8.40. The van der Waals surface area contributed by atoms with Crippen molar-refractivity contribution in [3.63, 3.8) is 0 Å². The van der Waals surface area contributed by atoms with Crippen LogP contribution in [-0.4, -0.2) is 28.6 Å². The molecule has 1 aromatic carbocycles. The normalized spacial score (nSPS) is 13.8. The Kier molecular flexibility index (Phi) is 5.31. The molecule has 1 aromatic rings. The van der Waals surface area contributed by atoms with E-state index in [0.717, 1.165) is 12.0 Å². The van der Waals surface area contributed by atoms with E-state index in [2.05, 4.69) is 23.9 Å². The van der Waals surface area contributed by atoms with Crippen LogP contribution in [0.4, 0.5) is 0 Å². The van der Waals surface area contributed by atoms with Crippen LogP contribution in [0, 0.1) is 5.92 Å². The van der Waals surface area contributed by atoms with E-state index in [1.165, 1.54) is 7.05 Å². The molecule has 0 bridgehead atoms. The van der Waals surface area contributed by atoms with Gasteiger partial charge in [-0.25, -0.2) is 13.1 Å². The summed E-state index contributed by atoms with van der Waals surface area (Å²) in [4.78, 5) is 0.305. The van der Waals surface area contributed by atoms with Crippen molar-refractivity contribution < 1.29 is 8.42 Å². The average molecular weight is 270 g/mol. The van der Waals surface area contributed by atoms with Gasteiger partial charge >= 0.3 is 0 Å². The van der Waals surface area contributed by atoms with Gasteiger partial charge in [-0.1, -0.05) is 26.0 Å². The molecular weight excluding hydrogens is 248 g/mol. The van der Waals surface area contributed by atoms with Crippen molar-refractivity contribution in [1.29, 1.82) is 0 Å². The van der Waals surface area contributed by atoms with Crippen LogP contribution in [0.25, 0.3) is 0 Å². The molecule has 0 saturated heterocycles. The third-order valence-corrected chi connectivity index (χ3v) is 4.56. The van der Waals surface area contributed by atoms with Crippen molar-refractivity contribution in [1.82, 2.24) is 10.0 Å². The molecule has 1 rings (SSSR count). The Morgan fingerprint density at radius 2 is 1.67 bits per heavy atom. The van der Waals surface area contributed by atoms with E-state index in [0.29, 0.717) is 16.9 Å². The third kappa shape index (κ3) is 3.80. The Balaban J connectivity index is 2.84. The first-order valence-electron chi connectivity index (χ1n) is 6.10. The van der Waals surface area contributed by atoms with Crippen LogP contribution in [0.5, 0.6) is 0 Å². The molecule has 4 nitrogen and oxygen atoms in total. The summed E-state index contributed by atoms with van der Waals surface area (Å²) in [5.74, 6) is 0.538. The topological polar surface area (TPSA) is 58.2 Å². The standard InChI is InChI=1S/C13H22N2O2S/c1-10(2)13(14-3)9-11-5-7-12(8-6-11)18(16,17)15-4/h5-8,10,13-15H,9H2,1-4H3. The predicted octanol–water partition coefficient (Wildman–Crippen LogP) is 1.38. The zero-order valence-electron chi connectivity index (χ0n) is 11.4. The fourth-order valence-electron chi connectivity index (χ4n) is 1.85. The first-order valence-corrected chi connectivity index (χ1v) is 7.58. The molecule has 0 heterocycles. The predicted molar refractivity (Wildman–Crippen MR) is 74.1 cm³/mol. The van der Waals surface area contributed by atoms with Gasteiger partial charge in [0, 0.05) is 6.04 Å². The molecule has 5 heteroatoms. The summed E-state index contributed by atoms with van der Waals surface area (Å²) in [5, 5.41) is 3.28. The molecule has 0 spiro atoms. The highest BCUT2D eigenvalue weighted by molar-refractivity contribution is 7.89. The maximum Gasteiger partial charge on any atom is 0.240 e. The van der Waals surface area contributed by atoms with Crippen LogP contribution in [0.2, 0.25) is 0 Å². The number of sulfonamides is 1. The second kappa shape index (κ2) is 6.31. The van der Waals surface area contributed by atoms with Gasteiger partial charge in [-0.3, -0.25) is 0 Å². The molecule has 0 aliphatic rings. The van der Waals surface area contributed by atoms with E-state index in [-0.39, 0.29) is 0 Å². The lowest BCUT2D eigenvalue weighted by Crippen LogP contribution is -2.32. The second-order valence-corrected chi connectivity index (χ2v) is 6.58. The van der Waals surface area contributed by atoms with Gasteiger partial charge in [0.2, 0.25) is 10.0 Å². The van der Waals surface area contributed by atoms with Crippen molar-refractivity contribution in [3.8, 4) is 0 Å². The van der Waals surface area contributed by atoms with E-state index in [1.54, 1.807) is 12.1 Å². The molecule has 0 aromatic heterocycles. The van der Waals surface area contributed by atoms with Gasteiger partial charge in [-0.05, 0) is 44.1 Å². The van der Waals surface area contributed by atoms with Crippen LogP contribution in [0.3, 0.4) is 0 Å². The molecule has 0 fully saturated rings. The summed E-state index contributed by atoms with van der Waals surface area (Å²) < 4.78 is 25.5. The fraction of sp³-hybridized carbons (Fsp3) is 0.538. The van der Waals surface area contributed by atoms with Gasteiger partial charge in [0.05, 0.1) is 4.90 Å². The van der Waals surface area contributed by atoms with Crippen LogP contribution in [0.15, 0.2) is 29.2 Å². The number of benzene rings is 1. The van der Waals surface area contributed by atoms with Gasteiger partial charge in [-0.2, -0.15) is 0 Å². The highest BCUT2D eigenvalue weighted by Crippen LogP contribution is 2.14. The molecule has 1 unspecified atom stereocenters. The Bertz CT molecular complexity index is 466. The summed E-state index contributed by atoms with van der Waals surface area (Å²) in [7, 11) is 0.0337. The van der Waals surface area contributed by atoms with E-state index in [9.17, 15) is 8.42 Å². The summed E-state index contributed by atoms with van der Waals surface area (Å²) in [6.07, 6.45) is 0.897. The average Bonchev–Trinajstić information content (AvgIpc) is 2.36. The van der Waals surface area contributed by atoms with E-state index < -0.39 is 10.0 Å². The monoisotopic (exact) mass is 270 g/mol. The van der Waals surface area contributed by atoms with Crippen LogP contribution in [-0.2, 0) is 16.4 Å². The zero-order valence-corrected chi connectivity index (χ0v) is 12.2. The third-order valence-electron chi connectivity index (χ3n) is 3.13. The number of hydrogen-bond acceptors (Lipinski definition) is 3. The Labute approximate surface area is 110 Å². The lowest BCUT2D eigenvalue weighted by Gasteiger charge is -2.20. The van der Waals surface area contributed by atoms with E-state index >= 15 is 0 Å². The molecule has 0 saturated carbocycles. The molecule has 18 heavy (non-hydrogen) atoms. The number of likely N-dealkylation sites (N-methyl/N-ethyl adjacent to an activating group) is 1. The molecule has 0 radical (unpaired) electrons. The lowest BCUT2D eigenvalue weighted by atomic mass is 9.97. The van der Waals surface area contributed by atoms with Crippen molar-refractivity contribution in [3.05, 3.63) is 29.8 Å². The second-order valence-electron chi connectivity index (χ2n) is 4.69. The summed E-state index contributed by atoms with van der Waals surface area (Å²) in [6, 6.07) is 7.44. The molecule has 2 N–H and O–H groups in total. The van der Waals surface area contributed by atoms with Gasteiger partial charge in [0.15, 0.2) is 0 Å². The van der Waals surface area contributed by atoms with Gasteiger partial charge in [0.1, 0.15) is 0 Å². The Morgan fingerprint density at radius 1 is 1.11 bits per heavy atom. The van der Waals surface area contributed by atoms with Crippen LogP contribution < -0.4 is 10.0 Å². The van der Waals surface area contributed by atoms with E-state index in [4.69, 9.17) is 0 Å². The summed E-state index contributed by atoms with van der Waals surface area (Å²) in [5.41, 5.74) is 1.14. The minimum Gasteiger partial charge on any atom is -0.316 e. The van der Waals surface area contributed by atoms with Crippen LogP contribution >= 0.6 is 0 Å². The van der Waals surface area contributed by atoms with E-state index in [1.807, 2.05) is 19.2 Å². The fourth-order valence-corrected chi connectivity index (χ4v) is 2.58. The highest BCUT2D eigenvalue weighted by atomic mass is 32.2. The van der Waals surface area contributed by atoms with Gasteiger partial charge in [-0.15, -0.1) is 0 Å². The Hall–Kier alpha value is -0.910. The van der Waals surface area contributed by atoms with Crippen molar-refractivity contribution >= 4 is 10.0 Å².